The van der Waals surface area contributed by atoms with E-state index in [1.807, 2.05) is 42.5 Å². The maximum absolute atomic E-state index is 13.6. The van der Waals surface area contributed by atoms with E-state index >= 15 is 0 Å². The number of para-hydroxylation sites is 1. The molecule has 3 heteroatoms. The molecule has 1 heterocycles. The predicted molar refractivity (Wildman–Crippen MR) is 116 cm³/mol. The zero-order valence-corrected chi connectivity index (χ0v) is 16.8. The highest BCUT2D eigenvalue weighted by Gasteiger charge is 2.59. The maximum atomic E-state index is 13.6. The Morgan fingerprint density at radius 1 is 0.966 bits per heavy atom. The first-order chi connectivity index (χ1) is 14.1. The fourth-order valence-electron chi connectivity index (χ4n) is 5.51. The predicted octanol–water partition coefficient (Wildman–Crippen LogP) is 5.65. The number of rotatable bonds is 4. The number of hydrogen-bond donors (Lipinski definition) is 1. The number of ether oxygens (including phenoxy) is 1. The first kappa shape index (κ1) is 18.0. The minimum absolute atomic E-state index is 0.0885. The molecule has 1 N–H and O–H groups in total. The van der Waals surface area contributed by atoms with Crippen LogP contribution in [0.5, 0.6) is 5.75 Å². The molecule has 1 aliphatic carbocycles. The molecule has 0 unspecified atom stereocenters. The first-order valence-corrected chi connectivity index (χ1v) is 10.2. The van der Waals surface area contributed by atoms with Crippen LogP contribution >= 0.6 is 0 Å². The molecule has 2 aliphatic rings. The van der Waals surface area contributed by atoms with E-state index < -0.39 is 0 Å². The molecule has 4 atom stereocenters. The number of nitrogens with one attached hydrogen (secondary N) is 1. The van der Waals surface area contributed by atoms with Crippen LogP contribution in [0.1, 0.15) is 46.7 Å². The van der Waals surface area contributed by atoms with Crippen molar-refractivity contribution in [3.63, 3.8) is 0 Å². The van der Waals surface area contributed by atoms with Gasteiger partial charge in [0.15, 0.2) is 5.78 Å². The van der Waals surface area contributed by atoms with Gasteiger partial charge >= 0.3 is 0 Å². The average molecular weight is 383 g/mol. The van der Waals surface area contributed by atoms with Gasteiger partial charge in [-0.05, 0) is 48.6 Å². The van der Waals surface area contributed by atoms with Gasteiger partial charge in [0.25, 0.3) is 0 Å². The van der Waals surface area contributed by atoms with E-state index in [1.54, 1.807) is 7.11 Å². The number of carbonyl (C=O) groups is 1. The molecule has 1 saturated carbocycles. The van der Waals surface area contributed by atoms with Gasteiger partial charge in [0.2, 0.25) is 0 Å². The fraction of sp³-hybridized carbons (Fsp3) is 0.269. The summed E-state index contributed by atoms with van der Waals surface area (Å²) in [5.74, 6) is 1.53. The maximum Gasteiger partial charge on any atom is 0.168 e. The van der Waals surface area contributed by atoms with E-state index in [2.05, 4.69) is 48.6 Å². The lowest BCUT2D eigenvalue weighted by Gasteiger charge is -2.32. The van der Waals surface area contributed by atoms with Crippen LogP contribution in [0.15, 0.2) is 78.9 Å². The molecule has 3 aromatic carbocycles. The van der Waals surface area contributed by atoms with Gasteiger partial charge in [-0.25, -0.2) is 0 Å². The Hall–Kier alpha value is -3.07. The summed E-state index contributed by atoms with van der Waals surface area (Å²) in [6, 6.07) is 26.6. The van der Waals surface area contributed by atoms with Crippen molar-refractivity contribution < 1.29 is 9.53 Å². The monoisotopic (exact) mass is 383 g/mol. The summed E-state index contributed by atoms with van der Waals surface area (Å²) in [6.45, 7) is 2.23. The highest BCUT2D eigenvalue weighted by molar-refractivity contribution is 6.00. The Morgan fingerprint density at radius 3 is 2.38 bits per heavy atom. The van der Waals surface area contributed by atoms with E-state index in [4.69, 9.17) is 4.74 Å². The number of carbonyl (C=O) groups excluding carboxylic acids is 1. The number of benzene rings is 3. The van der Waals surface area contributed by atoms with Gasteiger partial charge in [-0.3, -0.25) is 4.79 Å². The summed E-state index contributed by atoms with van der Waals surface area (Å²) in [4.78, 5) is 13.6. The zero-order chi connectivity index (χ0) is 20.0. The molecule has 146 valence electrons. The van der Waals surface area contributed by atoms with Gasteiger partial charge in [-0.15, -0.1) is 0 Å². The molecule has 0 amide bonds. The van der Waals surface area contributed by atoms with Crippen LogP contribution in [0.25, 0.3) is 0 Å². The van der Waals surface area contributed by atoms with Gasteiger partial charge in [0, 0.05) is 23.1 Å². The van der Waals surface area contributed by atoms with Gasteiger partial charge in [0.1, 0.15) is 5.75 Å². The summed E-state index contributed by atoms with van der Waals surface area (Å²) in [5.41, 5.74) is 4.24. The minimum Gasteiger partial charge on any atom is -0.497 e. The van der Waals surface area contributed by atoms with Gasteiger partial charge < -0.3 is 10.1 Å². The van der Waals surface area contributed by atoms with Crippen LogP contribution in [0, 0.1) is 5.92 Å². The molecule has 0 aromatic heterocycles. The Balaban J connectivity index is 1.60. The number of hydrogen-bond acceptors (Lipinski definition) is 3. The van der Waals surface area contributed by atoms with Crippen LogP contribution in [-0.2, 0) is 0 Å². The van der Waals surface area contributed by atoms with Crippen LogP contribution in [0.4, 0.5) is 5.69 Å². The summed E-state index contributed by atoms with van der Waals surface area (Å²) in [6.07, 6.45) is 0.836. The van der Waals surface area contributed by atoms with Crippen molar-refractivity contribution in [2.45, 2.75) is 30.7 Å². The van der Waals surface area contributed by atoms with E-state index in [9.17, 15) is 4.79 Å². The molecule has 0 saturated heterocycles. The molecule has 0 spiro atoms. The zero-order valence-electron chi connectivity index (χ0n) is 16.8. The third-order valence-electron chi connectivity index (χ3n) is 6.88. The molecule has 3 nitrogen and oxygen atoms in total. The largest absolute Gasteiger partial charge is 0.497 e. The Bertz CT molecular complexity index is 1040. The molecular weight excluding hydrogens is 358 g/mol. The summed E-state index contributed by atoms with van der Waals surface area (Å²) >= 11 is 0. The Kier molecular flexibility index (Phi) is 4.20. The number of methoxy groups -OCH3 is 1. The highest BCUT2D eigenvalue weighted by atomic mass is 16.5. The van der Waals surface area contributed by atoms with Crippen LogP contribution < -0.4 is 10.1 Å². The van der Waals surface area contributed by atoms with E-state index in [0.717, 1.165) is 23.4 Å². The molecule has 1 fully saturated rings. The average Bonchev–Trinajstić information content (AvgIpc) is 3.23. The minimum atomic E-state index is -0.304. The normalized spacial score (nSPS) is 27.0. The molecule has 29 heavy (non-hydrogen) atoms. The van der Waals surface area contributed by atoms with Crippen LogP contribution in [-0.4, -0.2) is 18.4 Å². The van der Waals surface area contributed by atoms with E-state index in [1.165, 1.54) is 11.1 Å². The van der Waals surface area contributed by atoms with Crippen molar-refractivity contribution in [1.82, 2.24) is 0 Å². The lowest BCUT2D eigenvalue weighted by molar-refractivity contribution is 0.0888. The molecule has 0 bridgehead atoms. The highest BCUT2D eigenvalue weighted by Crippen LogP contribution is 2.61. The quantitative estimate of drug-likeness (QED) is 0.592. The number of Topliss-reactive ketones (excluding diaryl/α,β-unsaturated/α-hetero) is 1. The topological polar surface area (TPSA) is 38.3 Å². The van der Waals surface area contributed by atoms with Gasteiger partial charge in [-0.2, -0.15) is 0 Å². The Morgan fingerprint density at radius 2 is 1.66 bits per heavy atom. The van der Waals surface area contributed by atoms with Crippen molar-refractivity contribution in [2.24, 2.45) is 5.92 Å². The van der Waals surface area contributed by atoms with Crippen molar-refractivity contribution in [2.75, 3.05) is 12.4 Å². The summed E-state index contributed by atoms with van der Waals surface area (Å²) in [5, 5.41) is 3.75. The fourth-order valence-corrected chi connectivity index (χ4v) is 5.51. The lowest BCUT2D eigenvalue weighted by Crippen LogP contribution is -2.43. The second kappa shape index (κ2) is 6.77. The van der Waals surface area contributed by atoms with Gasteiger partial charge in [-0.1, -0.05) is 60.7 Å². The SMILES string of the molecule is COc1ccc([C@@H]2C[C@H](C(=O)c3ccccc3)[C@]3(C)Nc4ccccc4[C@H]23)cc1. The van der Waals surface area contributed by atoms with Crippen LogP contribution in [0.3, 0.4) is 0 Å². The molecule has 0 radical (unpaired) electrons. The summed E-state index contributed by atoms with van der Waals surface area (Å²) < 4.78 is 5.35. The third kappa shape index (κ3) is 2.76. The van der Waals surface area contributed by atoms with Crippen LogP contribution in [0.2, 0.25) is 0 Å². The second-order valence-electron chi connectivity index (χ2n) is 8.37. The molecular formula is C26H25NO2. The first-order valence-electron chi connectivity index (χ1n) is 10.2. The number of anilines is 1. The van der Waals surface area contributed by atoms with E-state index in [-0.39, 0.29) is 29.1 Å². The standard InChI is InChI=1S/C26H25NO2/c1-26-22(25(28)18-8-4-3-5-9-18)16-21(17-12-14-19(29-2)15-13-17)24(26)20-10-6-7-11-23(20)27-26/h3-15,21-22,24,27H,16H2,1-2H3/t21-,22+,24+,26-/m0/s1. The van der Waals surface area contributed by atoms with E-state index in [0.29, 0.717) is 0 Å². The summed E-state index contributed by atoms with van der Waals surface area (Å²) in [7, 11) is 1.69. The third-order valence-corrected chi connectivity index (χ3v) is 6.88. The second-order valence-corrected chi connectivity index (χ2v) is 8.37. The van der Waals surface area contributed by atoms with Crippen molar-refractivity contribution >= 4 is 11.5 Å². The molecule has 1 aliphatic heterocycles. The van der Waals surface area contributed by atoms with Gasteiger partial charge in [0.05, 0.1) is 12.6 Å². The smallest absolute Gasteiger partial charge is 0.168 e. The number of ketones is 1. The Labute approximate surface area is 171 Å². The lowest BCUT2D eigenvalue weighted by atomic mass is 9.76. The van der Waals surface area contributed by atoms with Crippen molar-refractivity contribution in [3.8, 4) is 5.75 Å². The molecule has 5 rings (SSSR count). The number of fused-ring (bicyclic) bond motifs is 3. The van der Waals surface area contributed by atoms with Crippen molar-refractivity contribution in [1.29, 1.82) is 0 Å². The molecule has 3 aromatic rings. The van der Waals surface area contributed by atoms with Crippen molar-refractivity contribution in [3.05, 3.63) is 95.6 Å².